The van der Waals surface area contributed by atoms with Crippen LogP contribution in [0.15, 0.2) is 24.3 Å². The molecule has 1 aromatic rings. The molecule has 0 radical (unpaired) electrons. The highest BCUT2D eigenvalue weighted by atomic mass is 16.3. The van der Waals surface area contributed by atoms with Gasteiger partial charge in [0.15, 0.2) is 0 Å². The smallest absolute Gasteiger partial charge is 0.0847 e. The molecule has 0 saturated carbocycles. The maximum Gasteiger partial charge on any atom is 0.0847 e. The van der Waals surface area contributed by atoms with E-state index in [0.29, 0.717) is 0 Å². The highest BCUT2D eigenvalue weighted by Crippen LogP contribution is 2.45. The average molecular weight is 217 g/mol. The molecule has 0 spiro atoms. The number of piperidine rings is 1. The lowest BCUT2D eigenvalue weighted by Crippen LogP contribution is -2.51. The Morgan fingerprint density at radius 3 is 3.00 bits per heavy atom. The minimum atomic E-state index is -0.485. The third-order valence-corrected chi connectivity index (χ3v) is 4.25. The lowest BCUT2D eigenvalue weighted by molar-refractivity contribution is -0.0856. The Labute approximate surface area is 96.9 Å². The van der Waals surface area contributed by atoms with Crippen LogP contribution in [0.1, 0.15) is 36.4 Å². The van der Waals surface area contributed by atoms with Crippen molar-refractivity contribution < 1.29 is 5.11 Å². The summed E-state index contributed by atoms with van der Waals surface area (Å²) in [6, 6.07) is 8.80. The molecule has 1 fully saturated rings. The maximum absolute atomic E-state index is 10.8. The number of aliphatic hydroxyl groups is 1. The SMILES string of the molecule is CN1CCC[C@]2(O)CCc3ccccc3[C@H]12. The molecule has 1 aliphatic heterocycles. The zero-order chi connectivity index (χ0) is 11.2. The molecule has 16 heavy (non-hydrogen) atoms. The van der Waals surface area contributed by atoms with E-state index in [-0.39, 0.29) is 6.04 Å². The first-order valence-electron chi connectivity index (χ1n) is 6.21. The monoisotopic (exact) mass is 217 g/mol. The summed E-state index contributed by atoms with van der Waals surface area (Å²) in [6.45, 7) is 1.10. The van der Waals surface area contributed by atoms with Gasteiger partial charge < -0.3 is 5.11 Å². The van der Waals surface area contributed by atoms with Crippen molar-refractivity contribution in [1.29, 1.82) is 0 Å². The Hall–Kier alpha value is -0.860. The molecule has 0 bridgehead atoms. The third kappa shape index (κ3) is 1.40. The van der Waals surface area contributed by atoms with Crippen LogP contribution in [0.5, 0.6) is 0 Å². The predicted molar refractivity (Wildman–Crippen MR) is 64.3 cm³/mol. The van der Waals surface area contributed by atoms with E-state index < -0.39 is 5.60 Å². The fourth-order valence-corrected chi connectivity index (χ4v) is 3.48. The molecule has 0 amide bonds. The molecular weight excluding hydrogens is 198 g/mol. The second-order valence-electron chi connectivity index (χ2n) is 5.29. The van der Waals surface area contributed by atoms with Crippen LogP contribution in [0.4, 0.5) is 0 Å². The second kappa shape index (κ2) is 3.57. The largest absolute Gasteiger partial charge is 0.388 e. The number of hydrogen-bond acceptors (Lipinski definition) is 2. The summed E-state index contributed by atoms with van der Waals surface area (Å²) in [4.78, 5) is 2.32. The molecule has 2 heteroatoms. The highest BCUT2D eigenvalue weighted by Gasteiger charge is 2.45. The molecule has 2 atom stereocenters. The van der Waals surface area contributed by atoms with Crippen LogP contribution >= 0.6 is 0 Å². The van der Waals surface area contributed by atoms with E-state index in [1.54, 1.807) is 0 Å². The molecule has 1 heterocycles. The van der Waals surface area contributed by atoms with Crippen molar-refractivity contribution in [3.63, 3.8) is 0 Å². The molecule has 0 unspecified atom stereocenters. The van der Waals surface area contributed by atoms with Gasteiger partial charge in [-0.15, -0.1) is 0 Å². The summed E-state index contributed by atoms with van der Waals surface area (Å²) >= 11 is 0. The first kappa shape index (κ1) is 10.3. The fraction of sp³-hybridized carbons (Fsp3) is 0.571. The number of aryl methyl sites for hydroxylation is 1. The van der Waals surface area contributed by atoms with Gasteiger partial charge in [-0.1, -0.05) is 24.3 Å². The van der Waals surface area contributed by atoms with Crippen LogP contribution in [0, 0.1) is 0 Å². The van der Waals surface area contributed by atoms with Crippen LogP contribution in [0.3, 0.4) is 0 Å². The van der Waals surface area contributed by atoms with Crippen molar-refractivity contribution in [1.82, 2.24) is 4.90 Å². The quantitative estimate of drug-likeness (QED) is 0.719. The fourth-order valence-electron chi connectivity index (χ4n) is 3.48. The minimum Gasteiger partial charge on any atom is -0.388 e. The van der Waals surface area contributed by atoms with E-state index >= 15 is 0 Å². The number of likely N-dealkylation sites (N-methyl/N-ethyl adjacent to an activating group) is 1. The zero-order valence-corrected chi connectivity index (χ0v) is 9.82. The van der Waals surface area contributed by atoms with E-state index in [2.05, 4.69) is 36.2 Å². The van der Waals surface area contributed by atoms with Gasteiger partial charge in [0.05, 0.1) is 11.6 Å². The Morgan fingerprint density at radius 1 is 1.31 bits per heavy atom. The lowest BCUT2D eigenvalue weighted by atomic mass is 9.71. The standard InChI is InChI=1S/C14H19NO/c1-15-10-4-8-14(16)9-7-11-5-2-3-6-12(11)13(14)15/h2-3,5-6,13,16H,4,7-10H2,1H3/t13-,14-/m0/s1. The van der Waals surface area contributed by atoms with Crippen LogP contribution < -0.4 is 0 Å². The van der Waals surface area contributed by atoms with Gasteiger partial charge in [-0.25, -0.2) is 0 Å². The van der Waals surface area contributed by atoms with Crippen molar-refractivity contribution in [3.05, 3.63) is 35.4 Å². The van der Waals surface area contributed by atoms with Gasteiger partial charge in [0, 0.05) is 0 Å². The molecule has 1 aliphatic carbocycles. The summed E-state index contributed by atoms with van der Waals surface area (Å²) in [6.07, 6.45) is 4.01. The van der Waals surface area contributed by atoms with Gasteiger partial charge in [-0.2, -0.15) is 0 Å². The Bertz CT molecular complexity index is 403. The molecular formula is C14H19NO. The average Bonchev–Trinajstić information content (AvgIpc) is 2.28. The Balaban J connectivity index is 2.08. The molecule has 1 saturated heterocycles. The Morgan fingerprint density at radius 2 is 2.12 bits per heavy atom. The van der Waals surface area contributed by atoms with Gasteiger partial charge in [0.25, 0.3) is 0 Å². The lowest BCUT2D eigenvalue weighted by Gasteiger charge is -2.49. The van der Waals surface area contributed by atoms with Crippen molar-refractivity contribution in [2.45, 2.75) is 37.3 Å². The van der Waals surface area contributed by atoms with E-state index in [1.807, 2.05) is 0 Å². The van der Waals surface area contributed by atoms with Crippen molar-refractivity contribution in [2.75, 3.05) is 13.6 Å². The van der Waals surface area contributed by atoms with E-state index in [9.17, 15) is 5.11 Å². The number of nitrogens with zero attached hydrogens (tertiary/aromatic N) is 1. The molecule has 2 aliphatic rings. The Kier molecular flexibility index (Phi) is 2.30. The summed E-state index contributed by atoms with van der Waals surface area (Å²) in [5, 5.41) is 10.8. The van der Waals surface area contributed by atoms with Crippen molar-refractivity contribution in [2.24, 2.45) is 0 Å². The van der Waals surface area contributed by atoms with E-state index in [4.69, 9.17) is 0 Å². The molecule has 2 nitrogen and oxygen atoms in total. The normalized spacial score (nSPS) is 34.2. The number of benzene rings is 1. The van der Waals surface area contributed by atoms with Gasteiger partial charge in [-0.05, 0) is 50.4 Å². The molecule has 3 rings (SSSR count). The molecule has 86 valence electrons. The van der Waals surface area contributed by atoms with Crippen LogP contribution in [-0.4, -0.2) is 29.2 Å². The van der Waals surface area contributed by atoms with Gasteiger partial charge in [-0.3, -0.25) is 4.90 Å². The van der Waals surface area contributed by atoms with Crippen LogP contribution in [0.25, 0.3) is 0 Å². The van der Waals surface area contributed by atoms with E-state index in [0.717, 1.165) is 32.2 Å². The van der Waals surface area contributed by atoms with Gasteiger partial charge >= 0.3 is 0 Å². The summed E-state index contributed by atoms with van der Waals surface area (Å²) in [5.74, 6) is 0. The van der Waals surface area contributed by atoms with Crippen molar-refractivity contribution >= 4 is 0 Å². The number of fused-ring (bicyclic) bond motifs is 3. The molecule has 0 aromatic heterocycles. The van der Waals surface area contributed by atoms with Crippen LogP contribution in [0.2, 0.25) is 0 Å². The number of likely N-dealkylation sites (tertiary alicyclic amines) is 1. The number of hydrogen-bond donors (Lipinski definition) is 1. The summed E-state index contributed by atoms with van der Waals surface area (Å²) in [7, 11) is 2.14. The van der Waals surface area contributed by atoms with Crippen molar-refractivity contribution in [3.8, 4) is 0 Å². The van der Waals surface area contributed by atoms with Gasteiger partial charge in [0.1, 0.15) is 0 Å². The second-order valence-corrected chi connectivity index (χ2v) is 5.29. The topological polar surface area (TPSA) is 23.5 Å². The molecule has 1 aromatic carbocycles. The predicted octanol–water partition coefficient (Wildman–Crippen LogP) is 2.13. The summed E-state index contributed by atoms with van der Waals surface area (Å²) < 4.78 is 0. The first-order valence-corrected chi connectivity index (χ1v) is 6.21. The highest BCUT2D eigenvalue weighted by molar-refractivity contribution is 5.35. The van der Waals surface area contributed by atoms with E-state index in [1.165, 1.54) is 11.1 Å². The number of rotatable bonds is 0. The maximum atomic E-state index is 10.8. The van der Waals surface area contributed by atoms with Gasteiger partial charge in [0.2, 0.25) is 0 Å². The zero-order valence-electron chi connectivity index (χ0n) is 9.82. The summed E-state index contributed by atoms with van der Waals surface area (Å²) in [5.41, 5.74) is 2.28. The molecule has 1 N–H and O–H groups in total. The minimum absolute atomic E-state index is 0.214. The third-order valence-electron chi connectivity index (χ3n) is 4.25. The first-order chi connectivity index (χ1) is 7.71. The van der Waals surface area contributed by atoms with Crippen LogP contribution in [-0.2, 0) is 6.42 Å².